The molecule has 1 aromatic rings. The lowest BCUT2D eigenvalue weighted by Gasteiger charge is -2.20. The fourth-order valence-corrected chi connectivity index (χ4v) is 2.82. The minimum Gasteiger partial charge on any atom is -0.389 e. The van der Waals surface area contributed by atoms with Gasteiger partial charge in [0, 0.05) is 21.7 Å². The summed E-state index contributed by atoms with van der Waals surface area (Å²) in [5.41, 5.74) is 4.71. The van der Waals surface area contributed by atoms with Crippen LogP contribution in [0.3, 0.4) is 0 Å². The zero-order chi connectivity index (χ0) is 11.3. The summed E-state index contributed by atoms with van der Waals surface area (Å²) in [6, 6.07) is 8.08. The van der Waals surface area contributed by atoms with E-state index in [-0.39, 0.29) is 0 Å². The minimum absolute atomic E-state index is 0.309. The second-order valence-corrected chi connectivity index (χ2v) is 5.72. The molecular weight excluding hydrogens is 274 g/mol. The molecule has 0 aliphatic carbocycles. The maximum absolute atomic E-state index is 9.72. The van der Waals surface area contributed by atoms with Gasteiger partial charge in [-0.2, -0.15) is 0 Å². The summed E-state index contributed by atoms with van der Waals surface area (Å²) in [7, 11) is 0. The molecule has 4 heteroatoms. The highest BCUT2D eigenvalue weighted by Gasteiger charge is 2.17. The molecule has 0 radical (unpaired) electrons. The summed E-state index contributed by atoms with van der Waals surface area (Å²) in [4.78, 5) is 1.20. The molecule has 1 unspecified atom stereocenters. The highest BCUT2D eigenvalue weighted by atomic mass is 79.9. The smallest absolute Gasteiger partial charge is 0.0749 e. The molecular formula is C11H16BrNOS. The van der Waals surface area contributed by atoms with E-state index in [2.05, 4.69) is 22.0 Å². The average molecular weight is 290 g/mol. The monoisotopic (exact) mass is 289 g/mol. The van der Waals surface area contributed by atoms with E-state index in [1.165, 1.54) is 4.90 Å². The Hall–Kier alpha value is -0.0300. The molecule has 0 aliphatic rings. The molecule has 3 N–H and O–H groups in total. The number of benzene rings is 1. The number of aliphatic hydroxyl groups is 1. The molecule has 15 heavy (non-hydrogen) atoms. The summed E-state index contributed by atoms with van der Waals surface area (Å²) in [5.74, 6) is 0.868. The molecule has 84 valence electrons. The van der Waals surface area contributed by atoms with Crippen molar-refractivity contribution in [3.8, 4) is 0 Å². The largest absolute Gasteiger partial charge is 0.389 e. The summed E-state index contributed by atoms with van der Waals surface area (Å²) < 4.78 is 1.10. The SMILES string of the molecule is CC(O)(CN)CCSc1ccccc1Br. The van der Waals surface area contributed by atoms with Crippen LogP contribution >= 0.6 is 27.7 Å². The van der Waals surface area contributed by atoms with Crippen LogP contribution in [-0.4, -0.2) is 23.0 Å². The molecule has 0 spiro atoms. The molecule has 1 aromatic carbocycles. The van der Waals surface area contributed by atoms with Gasteiger partial charge < -0.3 is 10.8 Å². The molecule has 0 aliphatic heterocycles. The Kier molecular flexibility index (Phi) is 5.12. The molecule has 0 saturated carbocycles. The van der Waals surface area contributed by atoms with Crippen molar-refractivity contribution in [1.82, 2.24) is 0 Å². The zero-order valence-electron chi connectivity index (χ0n) is 8.74. The van der Waals surface area contributed by atoms with Gasteiger partial charge in [-0.3, -0.25) is 0 Å². The normalized spacial score (nSPS) is 14.9. The standard InChI is InChI=1S/C11H16BrNOS/c1-11(14,8-13)6-7-15-10-5-3-2-4-9(10)12/h2-5,14H,6-8,13H2,1H3. The van der Waals surface area contributed by atoms with E-state index in [4.69, 9.17) is 5.73 Å². The molecule has 1 rings (SSSR count). The number of thioether (sulfide) groups is 1. The number of halogens is 1. The first-order valence-electron chi connectivity index (χ1n) is 4.85. The third-order valence-electron chi connectivity index (χ3n) is 2.17. The second kappa shape index (κ2) is 5.89. The Morgan fingerprint density at radius 3 is 2.73 bits per heavy atom. The van der Waals surface area contributed by atoms with Crippen molar-refractivity contribution in [2.45, 2.75) is 23.8 Å². The predicted octanol–water partition coefficient (Wildman–Crippen LogP) is 2.64. The van der Waals surface area contributed by atoms with E-state index in [1.54, 1.807) is 18.7 Å². The van der Waals surface area contributed by atoms with Gasteiger partial charge in [0.15, 0.2) is 0 Å². The van der Waals surface area contributed by atoms with E-state index in [1.807, 2.05) is 18.2 Å². The van der Waals surface area contributed by atoms with Crippen LogP contribution in [0.25, 0.3) is 0 Å². The zero-order valence-corrected chi connectivity index (χ0v) is 11.1. The van der Waals surface area contributed by atoms with Gasteiger partial charge >= 0.3 is 0 Å². The van der Waals surface area contributed by atoms with Crippen LogP contribution in [0.4, 0.5) is 0 Å². The van der Waals surface area contributed by atoms with Crippen LogP contribution in [0, 0.1) is 0 Å². The van der Waals surface area contributed by atoms with E-state index < -0.39 is 5.60 Å². The minimum atomic E-state index is -0.742. The van der Waals surface area contributed by atoms with Crippen LogP contribution in [0.5, 0.6) is 0 Å². The first kappa shape index (κ1) is 13.0. The topological polar surface area (TPSA) is 46.2 Å². The summed E-state index contributed by atoms with van der Waals surface area (Å²) >= 11 is 5.21. The number of hydrogen-bond donors (Lipinski definition) is 2. The molecule has 0 heterocycles. The van der Waals surface area contributed by atoms with Gasteiger partial charge in [0.05, 0.1) is 5.60 Å². The van der Waals surface area contributed by atoms with E-state index in [0.717, 1.165) is 10.2 Å². The van der Waals surface area contributed by atoms with Gasteiger partial charge in [-0.25, -0.2) is 0 Å². The Bertz CT molecular complexity index is 317. The molecule has 0 amide bonds. The van der Waals surface area contributed by atoms with Crippen molar-refractivity contribution in [2.24, 2.45) is 5.73 Å². The second-order valence-electron chi connectivity index (χ2n) is 3.73. The van der Waals surface area contributed by atoms with Gasteiger partial charge in [-0.05, 0) is 41.4 Å². The third-order valence-corrected chi connectivity index (χ3v) is 4.20. The lowest BCUT2D eigenvalue weighted by Crippen LogP contribution is -2.34. The number of hydrogen-bond acceptors (Lipinski definition) is 3. The average Bonchev–Trinajstić information content (AvgIpc) is 2.21. The Morgan fingerprint density at radius 2 is 2.13 bits per heavy atom. The van der Waals surface area contributed by atoms with E-state index in [0.29, 0.717) is 13.0 Å². The molecule has 1 atom stereocenters. The lowest BCUT2D eigenvalue weighted by molar-refractivity contribution is 0.0665. The van der Waals surface area contributed by atoms with Crippen LogP contribution in [0.15, 0.2) is 33.6 Å². The maximum Gasteiger partial charge on any atom is 0.0749 e. The van der Waals surface area contributed by atoms with Crippen molar-refractivity contribution in [3.05, 3.63) is 28.7 Å². The van der Waals surface area contributed by atoms with Gasteiger partial charge in [0.25, 0.3) is 0 Å². The predicted molar refractivity (Wildman–Crippen MR) is 69.2 cm³/mol. The van der Waals surface area contributed by atoms with Crippen molar-refractivity contribution >= 4 is 27.7 Å². The fraction of sp³-hybridized carbons (Fsp3) is 0.455. The Morgan fingerprint density at radius 1 is 1.47 bits per heavy atom. The van der Waals surface area contributed by atoms with Crippen molar-refractivity contribution in [3.63, 3.8) is 0 Å². The van der Waals surface area contributed by atoms with Gasteiger partial charge in [0.1, 0.15) is 0 Å². The number of rotatable bonds is 5. The quantitative estimate of drug-likeness (QED) is 0.820. The molecule has 0 bridgehead atoms. The highest BCUT2D eigenvalue weighted by molar-refractivity contribution is 9.10. The molecule has 0 aromatic heterocycles. The number of nitrogens with two attached hydrogens (primary N) is 1. The Labute approximate surface area is 103 Å². The first-order valence-corrected chi connectivity index (χ1v) is 6.63. The Balaban J connectivity index is 2.42. The third kappa shape index (κ3) is 4.55. The summed E-state index contributed by atoms with van der Waals surface area (Å²) in [6.45, 7) is 2.08. The molecule has 0 saturated heterocycles. The molecule has 2 nitrogen and oxygen atoms in total. The van der Waals surface area contributed by atoms with Crippen molar-refractivity contribution < 1.29 is 5.11 Å². The highest BCUT2D eigenvalue weighted by Crippen LogP contribution is 2.28. The van der Waals surface area contributed by atoms with Gasteiger partial charge in [0.2, 0.25) is 0 Å². The van der Waals surface area contributed by atoms with Crippen LogP contribution in [0.1, 0.15) is 13.3 Å². The van der Waals surface area contributed by atoms with Crippen LogP contribution in [0.2, 0.25) is 0 Å². The van der Waals surface area contributed by atoms with Crippen molar-refractivity contribution in [2.75, 3.05) is 12.3 Å². The lowest BCUT2D eigenvalue weighted by atomic mass is 10.1. The van der Waals surface area contributed by atoms with Crippen LogP contribution in [-0.2, 0) is 0 Å². The van der Waals surface area contributed by atoms with Gasteiger partial charge in [-0.1, -0.05) is 12.1 Å². The first-order chi connectivity index (χ1) is 7.05. The van der Waals surface area contributed by atoms with E-state index in [9.17, 15) is 5.11 Å². The maximum atomic E-state index is 9.72. The summed E-state index contributed by atoms with van der Waals surface area (Å²) in [5, 5.41) is 9.72. The summed E-state index contributed by atoms with van der Waals surface area (Å²) in [6.07, 6.45) is 0.704. The van der Waals surface area contributed by atoms with Crippen LogP contribution < -0.4 is 5.73 Å². The van der Waals surface area contributed by atoms with Gasteiger partial charge in [-0.15, -0.1) is 11.8 Å². The van der Waals surface area contributed by atoms with E-state index >= 15 is 0 Å². The molecule has 0 fully saturated rings. The fourth-order valence-electron chi connectivity index (χ4n) is 1.04. The van der Waals surface area contributed by atoms with Crippen molar-refractivity contribution in [1.29, 1.82) is 0 Å².